The topological polar surface area (TPSA) is 18.5 Å². The number of para-hydroxylation sites is 1. The third-order valence-electron chi connectivity index (χ3n) is 2.68. The van der Waals surface area contributed by atoms with Crippen LogP contribution < -0.4 is 4.43 Å². The molecule has 1 aromatic carbocycles. The quantitative estimate of drug-likeness (QED) is 0.522. The van der Waals surface area contributed by atoms with Crippen LogP contribution in [-0.2, 0) is 4.43 Å². The van der Waals surface area contributed by atoms with Gasteiger partial charge in [0.2, 0.25) is 0 Å². The molecule has 0 N–H and O–H groups in total. The molecular formula is C13H21ClO2Si. The van der Waals surface area contributed by atoms with Crippen LogP contribution in [0.1, 0.15) is 20.3 Å². The molecule has 0 aromatic heterocycles. The summed E-state index contributed by atoms with van der Waals surface area (Å²) < 4.78 is 12.1. The van der Waals surface area contributed by atoms with Gasteiger partial charge >= 0.3 is 8.56 Å². The van der Waals surface area contributed by atoms with E-state index in [1.165, 1.54) is 0 Å². The van der Waals surface area contributed by atoms with E-state index in [2.05, 4.69) is 6.92 Å². The maximum atomic E-state index is 6.15. The van der Waals surface area contributed by atoms with Gasteiger partial charge in [-0.05, 0) is 31.5 Å². The first-order chi connectivity index (χ1) is 8.26. The molecule has 0 saturated heterocycles. The minimum atomic E-state index is -2.12. The first-order valence-electron chi connectivity index (χ1n) is 6.20. The standard InChI is InChI=1S/C13H21ClO2Si/c1-3-15-17(4-2,12-8-11-14)16-13-9-6-5-7-10-13/h5-7,9-10H,3-4,8,11-12H2,1-2H3. The van der Waals surface area contributed by atoms with Crippen LogP contribution >= 0.6 is 11.6 Å². The van der Waals surface area contributed by atoms with Crippen molar-refractivity contribution in [2.75, 3.05) is 12.5 Å². The lowest BCUT2D eigenvalue weighted by Gasteiger charge is -2.29. The fourth-order valence-corrected chi connectivity index (χ4v) is 4.98. The van der Waals surface area contributed by atoms with Crippen molar-refractivity contribution in [1.29, 1.82) is 0 Å². The number of hydrogen-bond acceptors (Lipinski definition) is 2. The van der Waals surface area contributed by atoms with Crippen molar-refractivity contribution in [3.05, 3.63) is 30.3 Å². The fourth-order valence-electron chi connectivity index (χ4n) is 1.81. The van der Waals surface area contributed by atoms with E-state index in [-0.39, 0.29) is 0 Å². The molecule has 0 aliphatic carbocycles. The van der Waals surface area contributed by atoms with Crippen LogP contribution in [0.25, 0.3) is 0 Å². The average Bonchev–Trinajstić information content (AvgIpc) is 2.37. The summed E-state index contributed by atoms with van der Waals surface area (Å²) in [6.45, 7) is 4.86. The van der Waals surface area contributed by atoms with Gasteiger partial charge in [-0.2, -0.15) is 0 Å². The van der Waals surface area contributed by atoms with Gasteiger partial charge in [-0.3, -0.25) is 0 Å². The highest BCUT2D eigenvalue weighted by Gasteiger charge is 2.36. The third kappa shape index (κ3) is 4.70. The SMILES string of the molecule is CCO[Si](CC)(CCCCl)Oc1ccccc1. The minimum Gasteiger partial charge on any atom is -0.520 e. The van der Waals surface area contributed by atoms with Gasteiger partial charge in [-0.1, -0.05) is 25.1 Å². The summed E-state index contributed by atoms with van der Waals surface area (Å²) in [5, 5.41) is 0. The molecule has 1 aromatic rings. The zero-order valence-corrected chi connectivity index (χ0v) is 12.4. The Hall–Kier alpha value is -0.513. The Balaban J connectivity index is 2.74. The molecule has 0 radical (unpaired) electrons. The lowest BCUT2D eigenvalue weighted by Crippen LogP contribution is -2.44. The van der Waals surface area contributed by atoms with E-state index in [4.69, 9.17) is 20.5 Å². The van der Waals surface area contributed by atoms with E-state index in [9.17, 15) is 0 Å². The summed E-state index contributed by atoms with van der Waals surface area (Å²) in [5.41, 5.74) is 0. The van der Waals surface area contributed by atoms with E-state index in [0.29, 0.717) is 12.5 Å². The average molecular weight is 273 g/mol. The summed E-state index contributed by atoms with van der Waals surface area (Å²) in [6.07, 6.45) is 0.953. The summed E-state index contributed by atoms with van der Waals surface area (Å²) in [6, 6.07) is 11.8. The van der Waals surface area contributed by atoms with E-state index in [0.717, 1.165) is 24.3 Å². The molecule has 1 rings (SSSR count). The number of rotatable bonds is 8. The Morgan fingerprint density at radius 3 is 2.41 bits per heavy atom. The molecule has 0 spiro atoms. The van der Waals surface area contributed by atoms with Gasteiger partial charge in [0.25, 0.3) is 0 Å². The first kappa shape index (κ1) is 14.5. The first-order valence-corrected chi connectivity index (χ1v) is 8.97. The minimum absolute atomic E-state index is 0.667. The molecule has 0 aliphatic rings. The van der Waals surface area contributed by atoms with Crippen molar-refractivity contribution in [3.8, 4) is 5.75 Å². The zero-order chi connectivity index (χ0) is 12.6. The van der Waals surface area contributed by atoms with Gasteiger partial charge in [0.05, 0.1) is 0 Å². The van der Waals surface area contributed by atoms with Crippen LogP contribution in [0.15, 0.2) is 30.3 Å². The van der Waals surface area contributed by atoms with E-state index in [1.807, 2.05) is 37.3 Å². The molecule has 96 valence electrons. The van der Waals surface area contributed by atoms with Gasteiger partial charge in [0, 0.05) is 18.5 Å². The van der Waals surface area contributed by atoms with Crippen LogP contribution in [0.3, 0.4) is 0 Å². The molecule has 1 atom stereocenters. The molecule has 0 fully saturated rings. The van der Waals surface area contributed by atoms with Gasteiger partial charge in [-0.25, -0.2) is 0 Å². The van der Waals surface area contributed by atoms with Crippen LogP contribution in [-0.4, -0.2) is 21.0 Å². The maximum Gasteiger partial charge on any atom is 0.398 e. The second-order valence-electron chi connectivity index (χ2n) is 3.90. The van der Waals surface area contributed by atoms with Gasteiger partial charge < -0.3 is 8.85 Å². The Morgan fingerprint density at radius 2 is 1.88 bits per heavy atom. The fraction of sp³-hybridized carbons (Fsp3) is 0.538. The molecule has 1 unspecified atom stereocenters. The van der Waals surface area contributed by atoms with Crippen LogP contribution in [0.2, 0.25) is 12.1 Å². The lowest BCUT2D eigenvalue weighted by atomic mass is 10.3. The molecule has 0 bridgehead atoms. The smallest absolute Gasteiger partial charge is 0.398 e. The molecular weight excluding hydrogens is 252 g/mol. The lowest BCUT2D eigenvalue weighted by molar-refractivity contribution is 0.250. The largest absolute Gasteiger partial charge is 0.520 e. The molecule has 17 heavy (non-hydrogen) atoms. The summed E-state index contributed by atoms with van der Waals surface area (Å²) in [5.74, 6) is 1.57. The number of hydrogen-bond donors (Lipinski definition) is 0. The van der Waals surface area contributed by atoms with E-state index < -0.39 is 8.56 Å². The second-order valence-corrected chi connectivity index (χ2v) is 7.80. The summed E-state index contributed by atoms with van der Waals surface area (Å²) in [7, 11) is -2.12. The molecule has 4 heteroatoms. The van der Waals surface area contributed by atoms with Crippen LogP contribution in [0.4, 0.5) is 0 Å². The Morgan fingerprint density at radius 1 is 1.18 bits per heavy atom. The highest BCUT2D eigenvalue weighted by atomic mass is 35.5. The Labute approximate surface area is 110 Å². The second kappa shape index (κ2) is 7.74. The molecule has 0 heterocycles. The van der Waals surface area contributed by atoms with E-state index in [1.54, 1.807) is 0 Å². The number of benzene rings is 1. The van der Waals surface area contributed by atoms with Gasteiger partial charge in [0.1, 0.15) is 5.75 Å². The van der Waals surface area contributed by atoms with Crippen molar-refractivity contribution in [3.63, 3.8) is 0 Å². The molecule has 2 nitrogen and oxygen atoms in total. The Kier molecular flexibility index (Phi) is 6.63. The van der Waals surface area contributed by atoms with E-state index >= 15 is 0 Å². The monoisotopic (exact) mass is 272 g/mol. The normalized spacial score (nSPS) is 14.3. The van der Waals surface area contributed by atoms with Crippen molar-refractivity contribution < 1.29 is 8.85 Å². The highest BCUT2D eigenvalue weighted by molar-refractivity contribution is 6.68. The van der Waals surface area contributed by atoms with Crippen molar-refractivity contribution in [1.82, 2.24) is 0 Å². The summed E-state index contributed by atoms with van der Waals surface area (Å²) >= 11 is 5.78. The van der Waals surface area contributed by atoms with Gasteiger partial charge in [0.15, 0.2) is 0 Å². The maximum absolute atomic E-state index is 6.15. The Bertz CT molecular complexity index is 308. The van der Waals surface area contributed by atoms with Gasteiger partial charge in [-0.15, -0.1) is 11.6 Å². The van der Waals surface area contributed by atoms with Crippen molar-refractivity contribution in [2.24, 2.45) is 0 Å². The molecule has 0 aliphatic heterocycles. The summed E-state index contributed by atoms with van der Waals surface area (Å²) in [4.78, 5) is 0. The van der Waals surface area contributed by atoms with Crippen LogP contribution in [0.5, 0.6) is 5.75 Å². The molecule has 0 saturated carbocycles. The van der Waals surface area contributed by atoms with Crippen LogP contribution in [0, 0.1) is 0 Å². The molecule has 0 amide bonds. The predicted octanol–water partition coefficient (Wildman–Crippen LogP) is 4.19. The van der Waals surface area contributed by atoms with Crippen molar-refractivity contribution >= 4 is 20.2 Å². The van der Waals surface area contributed by atoms with Crippen molar-refractivity contribution in [2.45, 2.75) is 32.4 Å². The number of halogens is 1. The number of alkyl halides is 1. The highest BCUT2D eigenvalue weighted by Crippen LogP contribution is 2.24. The third-order valence-corrected chi connectivity index (χ3v) is 6.57. The predicted molar refractivity (Wildman–Crippen MR) is 75.1 cm³/mol. The zero-order valence-electron chi connectivity index (χ0n) is 10.6.